The molecule has 0 spiro atoms. The maximum absolute atomic E-state index is 12.0. The lowest BCUT2D eigenvalue weighted by Crippen LogP contribution is -2.67. The number of nitrogens with one attached hydrogen (secondary N) is 3. The maximum Gasteiger partial charge on any atom is 0.409 e. The van der Waals surface area contributed by atoms with Gasteiger partial charge in [-0.25, -0.2) is 4.79 Å². The summed E-state index contributed by atoms with van der Waals surface area (Å²) in [5, 5.41) is 16.9. The Labute approximate surface area is 195 Å². The zero-order valence-electron chi connectivity index (χ0n) is 19.0. The van der Waals surface area contributed by atoms with Crippen LogP contribution < -0.4 is 16.0 Å². The number of ether oxygens (including phenoxy) is 4. The van der Waals surface area contributed by atoms with Crippen molar-refractivity contribution in [1.29, 1.82) is 0 Å². The van der Waals surface area contributed by atoms with Crippen LogP contribution in [0.15, 0.2) is 24.3 Å². The molecule has 13 heteroatoms. The van der Waals surface area contributed by atoms with E-state index in [-0.39, 0.29) is 18.0 Å². The summed E-state index contributed by atoms with van der Waals surface area (Å²) in [6, 6.07) is 5.20. The molecule has 1 aliphatic heterocycles. The van der Waals surface area contributed by atoms with Crippen molar-refractivity contribution in [2.75, 3.05) is 17.2 Å². The fourth-order valence-corrected chi connectivity index (χ4v) is 3.44. The van der Waals surface area contributed by atoms with Crippen molar-refractivity contribution >= 4 is 41.3 Å². The average Bonchev–Trinajstić information content (AvgIpc) is 2.71. The molecular formula is C21H27N3O10. The Balaban J connectivity index is 2.50. The van der Waals surface area contributed by atoms with Crippen molar-refractivity contribution in [3.63, 3.8) is 0 Å². The molecule has 4 N–H and O–H groups in total. The topological polar surface area (TPSA) is 179 Å². The van der Waals surface area contributed by atoms with Crippen molar-refractivity contribution in [2.45, 2.75) is 58.3 Å². The molecule has 13 nitrogen and oxygen atoms in total. The third-order valence-electron chi connectivity index (χ3n) is 4.58. The molecule has 1 saturated heterocycles. The minimum absolute atomic E-state index is 0.183. The third kappa shape index (κ3) is 7.62. The molecule has 1 fully saturated rings. The molecular weight excluding hydrogens is 454 g/mol. The summed E-state index contributed by atoms with van der Waals surface area (Å²) in [5.41, 5.74) is 0.465. The van der Waals surface area contributed by atoms with E-state index in [0.717, 1.165) is 13.8 Å². The van der Waals surface area contributed by atoms with Crippen molar-refractivity contribution in [3.05, 3.63) is 24.3 Å². The molecule has 1 heterocycles. The number of amides is 2. The second kappa shape index (κ2) is 11.8. The van der Waals surface area contributed by atoms with Crippen LogP contribution in [0.3, 0.4) is 0 Å². The van der Waals surface area contributed by atoms with Crippen molar-refractivity contribution in [1.82, 2.24) is 5.32 Å². The molecule has 186 valence electrons. The number of anilines is 2. The first kappa shape index (κ1) is 26.4. The summed E-state index contributed by atoms with van der Waals surface area (Å²) in [5.74, 6) is -2.58. The van der Waals surface area contributed by atoms with E-state index in [1.807, 2.05) is 0 Å². The number of para-hydroxylation sites is 2. The SMILES string of the molecule is CC(=O)N[C@H]1C(Nc2ccccc2NC(=O)O)O[C@H](COC(C)=O)[C@@H](OC(C)=O)[C@@H]1OC(C)=O. The van der Waals surface area contributed by atoms with Crippen LogP contribution in [0, 0.1) is 0 Å². The molecule has 0 bridgehead atoms. The monoisotopic (exact) mass is 481 g/mol. The van der Waals surface area contributed by atoms with Gasteiger partial charge < -0.3 is 34.7 Å². The highest BCUT2D eigenvalue weighted by molar-refractivity contribution is 5.88. The van der Waals surface area contributed by atoms with Gasteiger partial charge in [-0.15, -0.1) is 0 Å². The highest BCUT2D eigenvalue weighted by Gasteiger charge is 2.51. The van der Waals surface area contributed by atoms with Crippen LogP contribution in [0.5, 0.6) is 0 Å². The second-order valence-electron chi connectivity index (χ2n) is 7.39. The number of esters is 3. The molecule has 5 atom stereocenters. The van der Waals surface area contributed by atoms with Gasteiger partial charge in [-0.3, -0.25) is 24.5 Å². The average molecular weight is 481 g/mol. The van der Waals surface area contributed by atoms with Crippen LogP contribution in [0.1, 0.15) is 27.7 Å². The molecule has 1 unspecified atom stereocenters. The highest BCUT2D eigenvalue weighted by atomic mass is 16.6. The number of benzene rings is 1. The van der Waals surface area contributed by atoms with Crippen LogP contribution in [0.2, 0.25) is 0 Å². The lowest BCUT2D eigenvalue weighted by molar-refractivity contribution is -0.219. The van der Waals surface area contributed by atoms with E-state index in [2.05, 4.69) is 16.0 Å². The molecule has 1 aromatic carbocycles. The largest absolute Gasteiger partial charge is 0.465 e. The molecule has 0 saturated carbocycles. The summed E-state index contributed by atoms with van der Waals surface area (Å²) in [7, 11) is 0. The molecule has 0 radical (unpaired) electrons. The minimum Gasteiger partial charge on any atom is -0.465 e. The summed E-state index contributed by atoms with van der Waals surface area (Å²) in [4.78, 5) is 58.2. The minimum atomic E-state index is -1.31. The first-order valence-corrected chi connectivity index (χ1v) is 10.2. The van der Waals surface area contributed by atoms with Crippen molar-refractivity contribution in [3.8, 4) is 0 Å². The zero-order valence-corrected chi connectivity index (χ0v) is 19.0. The lowest BCUT2D eigenvalue weighted by atomic mass is 9.94. The van der Waals surface area contributed by atoms with E-state index >= 15 is 0 Å². The van der Waals surface area contributed by atoms with Gasteiger partial charge in [0, 0.05) is 27.7 Å². The Morgan fingerprint density at radius 1 is 0.912 bits per heavy atom. The smallest absolute Gasteiger partial charge is 0.409 e. The van der Waals surface area contributed by atoms with Gasteiger partial charge in [-0.1, -0.05) is 12.1 Å². The fraction of sp³-hybridized carbons (Fsp3) is 0.476. The standard InChI is InChI=1S/C21H27N3O10/c1-10(25)22-17-19(33-13(4)28)18(32-12(3)27)16(9-31-11(2)26)34-20(17)23-14-7-5-6-8-15(14)24-21(29)30/h5-8,16-20,23-24H,9H2,1-4H3,(H,22,25)(H,29,30)/t16-,17-,18-,19-,20?/m1/s1. The first-order chi connectivity index (χ1) is 16.0. The van der Waals surface area contributed by atoms with Crippen molar-refractivity contribution < 1.29 is 48.0 Å². The molecule has 2 amide bonds. The van der Waals surface area contributed by atoms with Gasteiger partial charge in [0.15, 0.2) is 18.4 Å². The Bertz CT molecular complexity index is 937. The number of rotatable bonds is 8. The van der Waals surface area contributed by atoms with Gasteiger partial charge in [0.25, 0.3) is 0 Å². The normalized spacial score (nSPS) is 23.7. The van der Waals surface area contributed by atoms with Crippen LogP contribution in [0.4, 0.5) is 16.2 Å². The molecule has 1 aromatic rings. The molecule has 0 aromatic heterocycles. The van der Waals surface area contributed by atoms with Crippen molar-refractivity contribution in [2.24, 2.45) is 0 Å². The molecule has 1 aliphatic rings. The number of carbonyl (C=O) groups excluding carboxylic acids is 4. The van der Waals surface area contributed by atoms with Gasteiger partial charge in [0.05, 0.1) is 11.4 Å². The van der Waals surface area contributed by atoms with Crippen LogP contribution in [-0.4, -0.2) is 72.2 Å². The van der Waals surface area contributed by atoms with E-state index in [9.17, 15) is 24.0 Å². The third-order valence-corrected chi connectivity index (χ3v) is 4.58. The van der Waals surface area contributed by atoms with E-state index in [1.165, 1.54) is 19.9 Å². The predicted octanol–water partition coefficient (Wildman–Crippen LogP) is 0.845. The number of carbonyl (C=O) groups is 5. The number of hydrogen-bond donors (Lipinski definition) is 4. The van der Waals surface area contributed by atoms with Crippen LogP contribution >= 0.6 is 0 Å². The Morgan fingerprint density at radius 3 is 2.03 bits per heavy atom. The zero-order chi connectivity index (χ0) is 25.4. The second-order valence-corrected chi connectivity index (χ2v) is 7.39. The molecule has 0 aliphatic carbocycles. The molecule has 34 heavy (non-hydrogen) atoms. The van der Waals surface area contributed by atoms with Gasteiger partial charge >= 0.3 is 24.0 Å². The van der Waals surface area contributed by atoms with Crippen LogP contribution in [-0.2, 0) is 38.1 Å². The van der Waals surface area contributed by atoms with Gasteiger partial charge in [0.1, 0.15) is 18.8 Å². The Hall–Kier alpha value is -3.87. The predicted molar refractivity (Wildman–Crippen MR) is 116 cm³/mol. The number of carboxylic acid groups (broad SMARTS) is 1. The summed E-state index contributed by atoms with van der Waals surface area (Å²) >= 11 is 0. The van der Waals surface area contributed by atoms with Gasteiger partial charge in [-0.2, -0.15) is 0 Å². The van der Waals surface area contributed by atoms with E-state index in [1.54, 1.807) is 18.2 Å². The highest BCUT2D eigenvalue weighted by Crippen LogP contribution is 2.30. The maximum atomic E-state index is 12.0. The summed E-state index contributed by atoms with van der Waals surface area (Å²) in [6.45, 7) is 4.33. The Kier molecular flexibility index (Phi) is 9.18. The quantitative estimate of drug-likeness (QED) is 0.305. The summed E-state index contributed by atoms with van der Waals surface area (Å²) < 4.78 is 21.8. The summed E-state index contributed by atoms with van der Waals surface area (Å²) in [6.07, 6.45) is -6.01. The van der Waals surface area contributed by atoms with Crippen LogP contribution in [0.25, 0.3) is 0 Å². The number of hydrogen-bond acceptors (Lipinski definition) is 10. The Morgan fingerprint density at radius 2 is 1.50 bits per heavy atom. The first-order valence-electron chi connectivity index (χ1n) is 10.2. The van der Waals surface area contributed by atoms with Gasteiger partial charge in [-0.05, 0) is 12.1 Å². The van der Waals surface area contributed by atoms with E-state index in [0.29, 0.717) is 0 Å². The van der Waals surface area contributed by atoms with E-state index in [4.69, 9.17) is 24.1 Å². The molecule has 2 rings (SSSR count). The fourth-order valence-electron chi connectivity index (χ4n) is 3.44. The lowest BCUT2D eigenvalue weighted by Gasteiger charge is -2.45. The van der Waals surface area contributed by atoms with Gasteiger partial charge in [0.2, 0.25) is 5.91 Å². The van der Waals surface area contributed by atoms with E-state index < -0.39 is 60.5 Å².